The topological polar surface area (TPSA) is 38.7 Å². The number of hydrogen-bond acceptors (Lipinski definition) is 3. The molecule has 16 heavy (non-hydrogen) atoms. The molecule has 3 nitrogen and oxygen atoms in total. The van der Waals surface area contributed by atoms with Gasteiger partial charge in [-0.3, -0.25) is 0 Å². The van der Waals surface area contributed by atoms with Crippen LogP contribution in [-0.4, -0.2) is 25.4 Å². The monoisotopic (exact) mass is 230 g/mol. The van der Waals surface area contributed by atoms with E-state index >= 15 is 0 Å². The fourth-order valence-electron chi connectivity index (χ4n) is 1.17. The van der Waals surface area contributed by atoms with Crippen LogP contribution in [-0.2, 0) is 0 Å². The molecule has 0 radical (unpaired) electrons. The van der Waals surface area contributed by atoms with Gasteiger partial charge in [0.15, 0.2) is 11.5 Å². The number of hydrogen-bond donors (Lipinski definition) is 1. The number of rotatable bonds is 5. The molecule has 0 spiro atoms. The van der Waals surface area contributed by atoms with Crippen molar-refractivity contribution in [3.63, 3.8) is 0 Å². The van der Waals surface area contributed by atoms with Gasteiger partial charge in [-0.05, 0) is 17.7 Å². The highest BCUT2D eigenvalue weighted by Crippen LogP contribution is 2.29. The summed E-state index contributed by atoms with van der Waals surface area (Å²) < 4.78 is 33.2. The fraction of sp³-hybridized carbons (Fsp3) is 0.273. The molecule has 0 aliphatic carbocycles. The van der Waals surface area contributed by atoms with Gasteiger partial charge in [-0.2, -0.15) is 8.78 Å². The molecule has 0 unspecified atom stereocenters. The summed E-state index contributed by atoms with van der Waals surface area (Å²) in [5.41, 5.74) is 0.729. The van der Waals surface area contributed by atoms with Crippen molar-refractivity contribution < 1.29 is 23.4 Å². The van der Waals surface area contributed by atoms with Crippen LogP contribution in [0.4, 0.5) is 8.78 Å². The van der Waals surface area contributed by atoms with Gasteiger partial charge < -0.3 is 14.6 Å². The van der Waals surface area contributed by atoms with Crippen molar-refractivity contribution in [3.8, 4) is 11.5 Å². The van der Waals surface area contributed by atoms with Gasteiger partial charge in [-0.25, -0.2) is 0 Å². The maximum absolute atomic E-state index is 12.0. The minimum Gasteiger partial charge on any atom is -0.493 e. The van der Waals surface area contributed by atoms with Crippen LogP contribution in [0.25, 0.3) is 6.08 Å². The molecule has 0 atom stereocenters. The molecule has 1 aromatic carbocycles. The Balaban J connectivity index is 2.92. The zero-order valence-electron chi connectivity index (χ0n) is 8.69. The fourth-order valence-corrected chi connectivity index (χ4v) is 1.17. The summed E-state index contributed by atoms with van der Waals surface area (Å²) in [5.74, 6) is 0.207. The van der Waals surface area contributed by atoms with E-state index in [0.29, 0.717) is 0 Å². The summed E-state index contributed by atoms with van der Waals surface area (Å²) in [4.78, 5) is 0. The molecular weight excluding hydrogens is 218 g/mol. The Morgan fingerprint density at radius 2 is 2.12 bits per heavy atom. The van der Waals surface area contributed by atoms with Crippen molar-refractivity contribution in [2.45, 2.75) is 6.61 Å². The minimum atomic E-state index is -2.88. The SMILES string of the molecule is COc1cc(C=CCO)ccc1OC(F)F. The molecule has 0 heterocycles. The molecule has 5 heteroatoms. The van der Waals surface area contributed by atoms with E-state index in [1.54, 1.807) is 18.2 Å². The zero-order valence-corrected chi connectivity index (χ0v) is 8.69. The molecule has 0 aliphatic heterocycles. The van der Waals surface area contributed by atoms with Crippen molar-refractivity contribution >= 4 is 6.08 Å². The van der Waals surface area contributed by atoms with Crippen LogP contribution in [0.1, 0.15) is 5.56 Å². The van der Waals surface area contributed by atoms with E-state index in [0.717, 1.165) is 5.56 Å². The Morgan fingerprint density at radius 1 is 1.38 bits per heavy atom. The normalized spacial score (nSPS) is 11.1. The van der Waals surface area contributed by atoms with Crippen molar-refractivity contribution in [2.75, 3.05) is 13.7 Å². The highest BCUT2D eigenvalue weighted by Gasteiger charge is 2.09. The molecule has 0 aliphatic rings. The van der Waals surface area contributed by atoms with E-state index in [1.165, 1.54) is 19.3 Å². The summed E-state index contributed by atoms with van der Waals surface area (Å²) in [6.45, 7) is -2.97. The average Bonchev–Trinajstić information content (AvgIpc) is 2.27. The maximum atomic E-state index is 12.0. The molecule has 1 rings (SSSR count). The van der Waals surface area contributed by atoms with Gasteiger partial charge in [0.1, 0.15) is 0 Å². The predicted octanol–water partition coefficient (Wildman–Crippen LogP) is 2.30. The van der Waals surface area contributed by atoms with Crippen molar-refractivity contribution in [2.24, 2.45) is 0 Å². The number of methoxy groups -OCH3 is 1. The molecule has 0 bridgehead atoms. The Labute approximate surface area is 91.9 Å². The summed E-state index contributed by atoms with van der Waals surface area (Å²) in [7, 11) is 1.37. The first kappa shape index (κ1) is 12.4. The van der Waals surface area contributed by atoms with Gasteiger partial charge in [0.2, 0.25) is 0 Å². The van der Waals surface area contributed by atoms with Crippen LogP contribution in [0, 0.1) is 0 Å². The summed E-state index contributed by atoms with van der Waals surface area (Å²) >= 11 is 0. The molecular formula is C11H12F2O3. The Bertz CT molecular complexity index is 364. The molecule has 0 amide bonds. The van der Waals surface area contributed by atoms with Crippen LogP contribution in [0.5, 0.6) is 11.5 Å². The van der Waals surface area contributed by atoms with Gasteiger partial charge >= 0.3 is 6.61 Å². The van der Waals surface area contributed by atoms with E-state index in [-0.39, 0.29) is 18.1 Å². The molecule has 0 saturated carbocycles. The van der Waals surface area contributed by atoms with Gasteiger partial charge in [0, 0.05) is 0 Å². The lowest BCUT2D eigenvalue weighted by Gasteiger charge is -2.10. The lowest BCUT2D eigenvalue weighted by Crippen LogP contribution is -2.03. The highest BCUT2D eigenvalue weighted by atomic mass is 19.3. The molecule has 0 saturated heterocycles. The molecule has 1 aromatic rings. The van der Waals surface area contributed by atoms with Crippen LogP contribution >= 0.6 is 0 Å². The average molecular weight is 230 g/mol. The summed E-state index contributed by atoms with van der Waals surface area (Å²) in [5, 5.41) is 8.59. The van der Waals surface area contributed by atoms with Gasteiger partial charge in [-0.15, -0.1) is 0 Å². The summed E-state index contributed by atoms with van der Waals surface area (Å²) in [6.07, 6.45) is 3.18. The van der Waals surface area contributed by atoms with Crippen molar-refractivity contribution in [1.29, 1.82) is 0 Å². The zero-order chi connectivity index (χ0) is 12.0. The van der Waals surface area contributed by atoms with E-state index in [9.17, 15) is 8.78 Å². The van der Waals surface area contributed by atoms with Gasteiger partial charge in [-0.1, -0.05) is 18.2 Å². The van der Waals surface area contributed by atoms with Crippen molar-refractivity contribution in [3.05, 3.63) is 29.8 Å². The third-order valence-corrected chi connectivity index (χ3v) is 1.82. The first-order chi connectivity index (χ1) is 7.67. The van der Waals surface area contributed by atoms with E-state index in [1.807, 2.05) is 0 Å². The van der Waals surface area contributed by atoms with Gasteiger partial charge in [0.05, 0.1) is 13.7 Å². The van der Waals surface area contributed by atoms with Crippen molar-refractivity contribution in [1.82, 2.24) is 0 Å². The van der Waals surface area contributed by atoms with Crippen LogP contribution < -0.4 is 9.47 Å². The van der Waals surface area contributed by atoms with Crippen LogP contribution in [0.3, 0.4) is 0 Å². The maximum Gasteiger partial charge on any atom is 0.387 e. The largest absolute Gasteiger partial charge is 0.493 e. The van der Waals surface area contributed by atoms with E-state index < -0.39 is 6.61 Å². The van der Waals surface area contributed by atoms with E-state index in [2.05, 4.69) is 4.74 Å². The third kappa shape index (κ3) is 3.51. The Hall–Kier alpha value is -1.62. The second kappa shape index (κ2) is 6.07. The molecule has 1 N–H and O–H groups in total. The Morgan fingerprint density at radius 3 is 2.69 bits per heavy atom. The molecule has 0 fully saturated rings. The first-order valence-electron chi connectivity index (χ1n) is 4.57. The smallest absolute Gasteiger partial charge is 0.387 e. The standard InChI is InChI=1S/C11H12F2O3/c1-15-10-7-8(3-2-6-14)4-5-9(10)16-11(12)13/h2-5,7,11,14H,6H2,1H3. The number of aliphatic hydroxyl groups is 1. The highest BCUT2D eigenvalue weighted by molar-refractivity contribution is 5.55. The number of ether oxygens (including phenoxy) is 2. The molecule has 0 aromatic heterocycles. The van der Waals surface area contributed by atoms with Crippen LogP contribution in [0.2, 0.25) is 0 Å². The number of aliphatic hydroxyl groups excluding tert-OH is 1. The predicted molar refractivity (Wildman–Crippen MR) is 55.7 cm³/mol. The second-order valence-corrected chi connectivity index (χ2v) is 2.87. The third-order valence-electron chi connectivity index (χ3n) is 1.82. The lowest BCUT2D eigenvalue weighted by atomic mass is 10.2. The first-order valence-corrected chi connectivity index (χ1v) is 4.57. The van der Waals surface area contributed by atoms with Gasteiger partial charge in [0.25, 0.3) is 0 Å². The lowest BCUT2D eigenvalue weighted by molar-refractivity contribution is -0.0512. The quantitative estimate of drug-likeness (QED) is 0.843. The Kier molecular flexibility index (Phi) is 4.72. The number of halogens is 2. The minimum absolute atomic E-state index is 0.0151. The number of alkyl halides is 2. The summed E-state index contributed by atoms with van der Waals surface area (Å²) in [6, 6.07) is 4.53. The van der Waals surface area contributed by atoms with E-state index in [4.69, 9.17) is 9.84 Å². The van der Waals surface area contributed by atoms with Crippen LogP contribution in [0.15, 0.2) is 24.3 Å². The number of benzene rings is 1. The molecule has 88 valence electrons. The second-order valence-electron chi connectivity index (χ2n) is 2.87.